The Morgan fingerprint density at radius 2 is 2.13 bits per heavy atom. The molecule has 0 N–H and O–H groups in total. The summed E-state index contributed by atoms with van der Waals surface area (Å²) >= 11 is 1.69. The van der Waals surface area contributed by atoms with Gasteiger partial charge in [-0.25, -0.2) is 9.48 Å². The Morgan fingerprint density at radius 3 is 2.87 bits per heavy atom. The van der Waals surface area contributed by atoms with Crippen LogP contribution in [0.15, 0.2) is 40.8 Å². The molecule has 1 amide bonds. The van der Waals surface area contributed by atoms with Crippen LogP contribution in [-0.4, -0.2) is 32.2 Å². The van der Waals surface area contributed by atoms with Gasteiger partial charge >= 0.3 is 5.69 Å². The van der Waals surface area contributed by atoms with Crippen molar-refractivity contribution in [2.75, 3.05) is 7.05 Å². The Bertz CT molecular complexity index is 893. The lowest BCUT2D eigenvalue weighted by Gasteiger charge is -2.16. The molecule has 0 saturated carbocycles. The van der Waals surface area contributed by atoms with Crippen LogP contribution in [0, 0.1) is 0 Å². The minimum Gasteiger partial charge on any atom is -0.341 e. The van der Waals surface area contributed by atoms with Crippen LogP contribution in [0.1, 0.15) is 12.0 Å². The van der Waals surface area contributed by atoms with E-state index in [2.05, 4.69) is 22.6 Å². The maximum atomic E-state index is 12.3. The maximum Gasteiger partial charge on any atom is 0.345 e. The fourth-order valence-electron chi connectivity index (χ4n) is 2.47. The zero-order valence-corrected chi connectivity index (χ0v) is 13.9. The number of thiophene rings is 1. The van der Waals surface area contributed by atoms with Crippen LogP contribution in [0.25, 0.3) is 10.1 Å². The summed E-state index contributed by atoms with van der Waals surface area (Å²) < 4.78 is 3.93. The summed E-state index contributed by atoms with van der Waals surface area (Å²) in [5.74, 6) is -0.00201. The molecule has 2 aromatic heterocycles. The van der Waals surface area contributed by atoms with Gasteiger partial charge in [-0.3, -0.25) is 9.36 Å². The summed E-state index contributed by atoms with van der Waals surface area (Å²) in [5.41, 5.74) is 0.945. The highest BCUT2D eigenvalue weighted by Crippen LogP contribution is 2.26. The van der Waals surface area contributed by atoms with Crippen LogP contribution in [0.4, 0.5) is 0 Å². The molecule has 0 radical (unpaired) electrons. The van der Waals surface area contributed by atoms with Gasteiger partial charge in [0.1, 0.15) is 6.33 Å². The van der Waals surface area contributed by atoms with Crippen LogP contribution in [0.2, 0.25) is 0 Å². The minimum atomic E-state index is -0.204. The van der Waals surface area contributed by atoms with Crippen molar-refractivity contribution in [3.05, 3.63) is 52.0 Å². The highest BCUT2D eigenvalue weighted by atomic mass is 32.1. The Balaban J connectivity index is 1.63. The fourth-order valence-corrected chi connectivity index (χ4v) is 3.42. The molecule has 0 bridgehead atoms. The molecule has 3 rings (SSSR count). The van der Waals surface area contributed by atoms with Gasteiger partial charge in [0, 0.05) is 31.8 Å². The van der Waals surface area contributed by atoms with Crippen molar-refractivity contribution in [3.63, 3.8) is 0 Å². The second kappa shape index (κ2) is 6.37. The molecular formula is C16H18N4O2S. The molecule has 0 aliphatic heterocycles. The second-order valence-corrected chi connectivity index (χ2v) is 6.42. The maximum absolute atomic E-state index is 12.3. The quantitative estimate of drug-likeness (QED) is 0.717. The molecule has 23 heavy (non-hydrogen) atoms. The van der Waals surface area contributed by atoms with E-state index in [1.165, 1.54) is 25.7 Å². The molecular weight excluding hydrogens is 312 g/mol. The van der Waals surface area contributed by atoms with Crippen molar-refractivity contribution in [1.82, 2.24) is 19.2 Å². The summed E-state index contributed by atoms with van der Waals surface area (Å²) in [6.45, 7) is 0.868. The highest BCUT2D eigenvalue weighted by molar-refractivity contribution is 7.17. The first-order valence-corrected chi connectivity index (χ1v) is 8.21. The highest BCUT2D eigenvalue weighted by Gasteiger charge is 2.13. The predicted molar refractivity (Wildman–Crippen MR) is 90.4 cm³/mol. The van der Waals surface area contributed by atoms with Crippen molar-refractivity contribution >= 4 is 27.3 Å². The van der Waals surface area contributed by atoms with Crippen LogP contribution in [0.5, 0.6) is 0 Å². The largest absolute Gasteiger partial charge is 0.345 e. The first kappa shape index (κ1) is 15.5. The number of benzene rings is 1. The average molecular weight is 330 g/mol. The molecule has 1 aromatic carbocycles. The molecule has 0 atom stereocenters. The molecule has 6 nitrogen and oxygen atoms in total. The van der Waals surface area contributed by atoms with E-state index >= 15 is 0 Å². The van der Waals surface area contributed by atoms with E-state index in [1.807, 2.05) is 12.1 Å². The van der Waals surface area contributed by atoms with Gasteiger partial charge in [0.25, 0.3) is 0 Å². The van der Waals surface area contributed by atoms with E-state index < -0.39 is 0 Å². The van der Waals surface area contributed by atoms with Gasteiger partial charge in [-0.15, -0.1) is 11.3 Å². The number of fused-ring (bicyclic) bond motifs is 1. The molecule has 0 spiro atoms. The normalized spacial score (nSPS) is 11.0. The molecule has 7 heteroatoms. The van der Waals surface area contributed by atoms with Gasteiger partial charge in [0.2, 0.25) is 5.91 Å². The molecule has 2 heterocycles. The Labute approximate surface area is 137 Å². The number of aromatic nitrogens is 3. The first-order valence-electron chi connectivity index (χ1n) is 7.34. The summed E-state index contributed by atoms with van der Waals surface area (Å²) in [6, 6.07) is 8.18. The SMILES string of the molecule is CN(Cc1csc2ccccc12)C(=O)CCn1ncn(C)c1=O. The van der Waals surface area contributed by atoms with E-state index in [0.29, 0.717) is 13.1 Å². The number of rotatable bonds is 5. The van der Waals surface area contributed by atoms with Crippen LogP contribution in [0.3, 0.4) is 0 Å². The topological polar surface area (TPSA) is 60.1 Å². The monoisotopic (exact) mass is 330 g/mol. The van der Waals surface area contributed by atoms with Gasteiger partial charge in [-0.2, -0.15) is 5.10 Å². The number of carbonyl (C=O) groups is 1. The predicted octanol–water partition coefficient (Wildman–Crippen LogP) is 1.85. The number of hydrogen-bond donors (Lipinski definition) is 0. The molecule has 3 aromatic rings. The molecule has 0 saturated heterocycles. The van der Waals surface area contributed by atoms with Crippen molar-refractivity contribution in [3.8, 4) is 0 Å². The Kier molecular flexibility index (Phi) is 4.29. The van der Waals surface area contributed by atoms with Crippen molar-refractivity contribution < 1.29 is 4.79 Å². The number of carbonyl (C=O) groups excluding carboxylic acids is 1. The van der Waals surface area contributed by atoms with Gasteiger partial charge in [-0.05, 0) is 22.4 Å². The molecule has 0 aliphatic carbocycles. The third-order valence-corrected chi connectivity index (χ3v) is 4.83. The molecule has 0 aliphatic rings. The molecule has 0 fully saturated rings. The summed E-state index contributed by atoms with van der Waals surface area (Å²) in [5, 5.41) is 7.25. The van der Waals surface area contributed by atoms with Crippen LogP contribution >= 0.6 is 11.3 Å². The lowest BCUT2D eigenvalue weighted by molar-refractivity contribution is -0.130. The third kappa shape index (κ3) is 3.19. The average Bonchev–Trinajstić information content (AvgIpc) is 3.10. The van der Waals surface area contributed by atoms with E-state index in [0.717, 1.165) is 5.56 Å². The summed E-state index contributed by atoms with van der Waals surface area (Å²) in [7, 11) is 3.43. The zero-order chi connectivity index (χ0) is 16.4. The Morgan fingerprint density at radius 1 is 1.35 bits per heavy atom. The van der Waals surface area contributed by atoms with Gasteiger partial charge in [-0.1, -0.05) is 18.2 Å². The number of nitrogens with zero attached hydrogens (tertiary/aromatic N) is 4. The lowest BCUT2D eigenvalue weighted by Crippen LogP contribution is -2.29. The van der Waals surface area contributed by atoms with Crippen molar-refractivity contribution in [1.29, 1.82) is 0 Å². The number of hydrogen-bond acceptors (Lipinski definition) is 4. The number of amides is 1. The van der Waals surface area contributed by atoms with Crippen LogP contribution in [-0.2, 0) is 24.9 Å². The molecule has 120 valence electrons. The van der Waals surface area contributed by atoms with Crippen molar-refractivity contribution in [2.45, 2.75) is 19.5 Å². The van der Waals surface area contributed by atoms with E-state index in [9.17, 15) is 9.59 Å². The third-order valence-electron chi connectivity index (χ3n) is 3.82. The Hall–Kier alpha value is -2.41. The fraction of sp³-hybridized carbons (Fsp3) is 0.312. The van der Waals surface area contributed by atoms with Gasteiger partial charge in [0.15, 0.2) is 0 Å². The number of aryl methyl sites for hydroxylation is 2. The van der Waals surface area contributed by atoms with E-state index in [4.69, 9.17) is 0 Å². The minimum absolute atomic E-state index is 0.00201. The first-order chi connectivity index (χ1) is 11.1. The molecule has 0 unspecified atom stereocenters. The second-order valence-electron chi connectivity index (χ2n) is 5.50. The summed E-state index contributed by atoms with van der Waals surface area (Å²) in [6.07, 6.45) is 1.71. The van der Waals surface area contributed by atoms with Crippen LogP contribution < -0.4 is 5.69 Å². The lowest BCUT2D eigenvalue weighted by atomic mass is 10.1. The van der Waals surface area contributed by atoms with E-state index in [-0.39, 0.29) is 18.0 Å². The standard InChI is InChI=1S/C16H18N4O2S/c1-18(9-12-10-23-14-6-4-3-5-13(12)14)15(21)7-8-20-16(22)19(2)11-17-20/h3-6,10-11H,7-9H2,1-2H3. The van der Waals surface area contributed by atoms with Gasteiger partial charge in [0.05, 0.1) is 6.54 Å². The summed E-state index contributed by atoms with van der Waals surface area (Å²) in [4.78, 5) is 25.7. The van der Waals surface area contributed by atoms with Crippen molar-refractivity contribution in [2.24, 2.45) is 7.05 Å². The zero-order valence-electron chi connectivity index (χ0n) is 13.1. The van der Waals surface area contributed by atoms with Gasteiger partial charge < -0.3 is 4.90 Å². The smallest absolute Gasteiger partial charge is 0.341 e. The van der Waals surface area contributed by atoms with E-state index in [1.54, 1.807) is 30.3 Å².